The van der Waals surface area contributed by atoms with E-state index in [0.717, 1.165) is 0 Å². The molecule has 2 atom stereocenters. The van der Waals surface area contributed by atoms with Crippen LogP contribution < -0.4 is 5.32 Å². The first kappa shape index (κ1) is 15.1. The van der Waals surface area contributed by atoms with Gasteiger partial charge in [-0.25, -0.2) is 13.6 Å². The number of nitrogens with one attached hydrogen (secondary N) is 1. The fourth-order valence-electron chi connectivity index (χ4n) is 1.83. The first-order valence-electron chi connectivity index (χ1n) is 6.21. The van der Waals surface area contributed by atoms with Crippen LogP contribution in [0.15, 0.2) is 0 Å². The zero-order valence-corrected chi connectivity index (χ0v) is 11.4. The van der Waals surface area contributed by atoms with Crippen LogP contribution in [-0.4, -0.2) is 48.2 Å². The van der Waals surface area contributed by atoms with Gasteiger partial charge in [0, 0.05) is 19.1 Å². The highest BCUT2D eigenvalue weighted by Crippen LogP contribution is 2.16. The van der Waals surface area contributed by atoms with Crippen molar-refractivity contribution in [3.05, 3.63) is 0 Å². The van der Waals surface area contributed by atoms with Gasteiger partial charge >= 0.3 is 6.09 Å². The number of amides is 1. The SMILES string of the molecule is CC(NC1CCN(C(=O)OC(C)(C)C)C1)C(F)F. The molecule has 1 amide bonds. The molecule has 1 rings (SSSR count). The minimum Gasteiger partial charge on any atom is -0.444 e. The molecule has 0 aromatic rings. The van der Waals surface area contributed by atoms with Crippen molar-refractivity contribution in [1.82, 2.24) is 10.2 Å². The number of ether oxygens (including phenoxy) is 1. The van der Waals surface area contributed by atoms with E-state index in [4.69, 9.17) is 4.74 Å². The van der Waals surface area contributed by atoms with Gasteiger partial charge in [0.1, 0.15) is 5.60 Å². The largest absolute Gasteiger partial charge is 0.444 e. The Morgan fingerprint density at radius 2 is 2.06 bits per heavy atom. The molecular formula is C12H22F2N2O2. The molecule has 18 heavy (non-hydrogen) atoms. The van der Waals surface area contributed by atoms with Crippen molar-refractivity contribution < 1.29 is 18.3 Å². The zero-order chi connectivity index (χ0) is 13.9. The Balaban J connectivity index is 2.39. The van der Waals surface area contributed by atoms with Crippen molar-refractivity contribution in [2.45, 2.75) is 58.2 Å². The predicted molar refractivity (Wildman–Crippen MR) is 64.8 cm³/mol. The number of rotatable bonds is 3. The molecule has 0 aromatic carbocycles. The van der Waals surface area contributed by atoms with E-state index >= 15 is 0 Å². The van der Waals surface area contributed by atoms with E-state index in [-0.39, 0.29) is 12.1 Å². The fourth-order valence-corrected chi connectivity index (χ4v) is 1.83. The number of carbonyl (C=O) groups is 1. The summed E-state index contributed by atoms with van der Waals surface area (Å²) in [4.78, 5) is 13.3. The Bertz CT molecular complexity index is 292. The van der Waals surface area contributed by atoms with Gasteiger partial charge in [-0.2, -0.15) is 0 Å². The molecule has 4 nitrogen and oxygen atoms in total. The minimum absolute atomic E-state index is 0.0819. The van der Waals surface area contributed by atoms with Gasteiger partial charge in [-0.1, -0.05) is 0 Å². The summed E-state index contributed by atoms with van der Waals surface area (Å²) in [5.41, 5.74) is -0.529. The summed E-state index contributed by atoms with van der Waals surface area (Å²) in [6.07, 6.45) is -2.09. The van der Waals surface area contributed by atoms with Crippen LogP contribution in [0.3, 0.4) is 0 Å². The van der Waals surface area contributed by atoms with Crippen LogP contribution in [0.25, 0.3) is 0 Å². The molecule has 0 radical (unpaired) electrons. The average Bonchev–Trinajstić information content (AvgIpc) is 2.63. The molecule has 0 aliphatic carbocycles. The number of nitrogens with zero attached hydrogens (tertiary/aromatic N) is 1. The Hall–Kier alpha value is -0.910. The van der Waals surface area contributed by atoms with Crippen molar-refractivity contribution in [2.24, 2.45) is 0 Å². The van der Waals surface area contributed by atoms with Gasteiger partial charge < -0.3 is 15.0 Å². The molecule has 0 spiro atoms. The number of alkyl halides is 2. The second kappa shape index (κ2) is 5.82. The summed E-state index contributed by atoms with van der Waals surface area (Å²) in [6, 6.07) is -0.935. The van der Waals surface area contributed by atoms with Crippen LogP contribution in [-0.2, 0) is 4.74 Å². The average molecular weight is 264 g/mol. The van der Waals surface area contributed by atoms with E-state index < -0.39 is 18.1 Å². The predicted octanol–water partition coefficient (Wildman–Crippen LogP) is 2.24. The Labute approximate surface area is 107 Å². The topological polar surface area (TPSA) is 41.6 Å². The lowest BCUT2D eigenvalue weighted by Gasteiger charge is -2.25. The molecule has 1 heterocycles. The van der Waals surface area contributed by atoms with Gasteiger partial charge in [0.15, 0.2) is 0 Å². The maximum atomic E-state index is 12.4. The van der Waals surface area contributed by atoms with Gasteiger partial charge in [0.2, 0.25) is 0 Å². The maximum absolute atomic E-state index is 12.4. The zero-order valence-electron chi connectivity index (χ0n) is 11.4. The molecule has 0 aromatic heterocycles. The molecule has 0 bridgehead atoms. The quantitative estimate of drug-likeness (QED) is 0.850. The second-order valence-electron chi connectivity index (χ2n) is 5.70. The summed E-state index contributed by atoms with van der Waals surface area (Å²) in [5, 5.41) is 2.83. The van der Waals surface area contributed by atoms with Crippen LogP contribution in [0.5, 0.6) is 0 Å². The van der Waals surface area contributed by atoms with E-state index in [1.165, 1.54) is 6.92 Å². The third-order valence-electron chi connectivity index (χ3n) is 2.72. The van der Waals surface area contributed by atoms with Crippen LogP contribution >= 0.6 is 0 Å². The van der Waals surface area contributed by atoms with E-state index in [0.29, 0.717) is 19.5 Å². The normalized spacial score (nSPS) is 22.4. The number of hydrogen-bond acceptors (Lipinski definition) is 3. The van der Waals surface area contributed by atoms with E-state index in [9.17, 15) is 13.6 Å². The molecule has 0 saturated carbocycles. The van der Waals surface area contributed by atoms with E-state index in [1.807, 2.05) is 0 Å². The maximum Gasteiger partial charge on any atom is 0.410 e. The van der Waals surface area contributed by atoms with Crippen molar-refractivity contribution in [3.63, 3.8) is 0 Å². The van der Waals surface area contributed by atoms with E-state index in [1.54, 1.807) is 25.7 Å². The summed E-state index contributed by atoms with van der Waals surface area (Å²) in [6.45, 7) is 7.82. The molecule has 6 heteroatoms. The van der Waals surface area contributed by atoms with E-state index in [2.05, 4.69) is 5.32 Å². The Kier molecular flexibility index (Phi) is 4.90. The highest BCUT2D eigenvalue weighted by Gasteiger charge is 2.31. The molecule has 1 aliphatic heterocycles. The molecule has 2 unspecified atom stereocenters. The summed E-state index contributed by atoms with van der Waals surface area (Å²) in [7, 11) is 0. The van der Waals surface area contributed by atoms with Crippen molar-refractivity contribution in [3.8, 4) is 0 Å². The lowest BCUT2D eigenvalue weighted by molar-refractivity contribution is 0.0288. The lowest BCUT2D eigenvalue weighted by atomic mass is 10.2. The van der Waals surface area contributed by atoms with Crippen molar-refractivity contribution >= 4 is 6.09 Å². The second-order valence-corrected chi connectivity index (χ2v) is 5.70. The molecule has 106 valence electrons. The van der Waals surface area contributed by atoms with Gasteiger partial charge in [-0.3, -0.25) is 0 Å². The summed E-state index contributed by atoms with van der Waals surface area (Å²) < 4.78 is 30.0. The fraction of sp³-hybridized carbons (Fsp3) is 0.917. The third-order valence-corrected chi connectivity index (χ3v) is 2.72. The Morgan fingerprint density at radius 1 is 1.44 bits per heavy atom. The van der Waals surface area contributed by atoms with Crippen molar-refractivity contribution in [1.29, 1.82) is 0 Å². The Morgan fingerprint density at radius 3 is 2.56 bits per heavy atom. The van der Waals surface area contributed by atoms with Crippen LogP contribution in [0.4, 0.5) is 13.6 Å². The van der Waals surface area contributed by atoms with Gasteiger partial charge in [-0.05, 0) is 34.1 Å². The van der Waals surface area contributed by atoms with Crippen molar-refractivity contribution in [2.75, 3.05) is 13.1 Å². The number of halogens is 2. The monoisotopic (exact) mass is 264 g/mol. The first-order chi connectivity index (χ1) is 8.19. The first-order valence-corrected chi connectivity index (χ1v) is 6.21. The number of likely N-dealkylation sites (tertiary alicyclic amines) is 1. The standard InChI is InChI=1S/C12H22F2N2O2/c1-8(10(13)14)15-9-5-6-16(7-9)11(17)18-12(2,3)4/h8-10,15H,5-7H2,1-4H3. The number of carbonyl (C=O) groups excluding carboxylic acids is 1. The molecule has 1 N–H and O–H groups in total. The summed E-state index contributed by atoms with van der Waals surface area (Å²) >= 11 is 0. The van der Waals surface area contributed by atoms with Gasteiger partial charge in [-0.15, -0.1) is 0 Å². The molecular weight excluding hydrogens is 242 g/mol. The van der Waals surface area contributed by atoms with Crippen LogP contribution in [0, 0.1) is 0 Å². The molecule has 1 aliphatic rings. The lowest BCUT2D eigenvalue weighted by Crippen LogP contribution is -2.43. The smallest absolute Gasteiger partial charge is 0.410 e. The molecule has 1 saturated heterocycles. The summed E-state index contributed by atoms with van der Waals surface area (Å²) in [5.74, 6) is 0. The third kappa shape index (κ3) is 4.76. The van der Waals surface area contributed by atoms with Crippen LogP contribution in [0.2, 0.25) is 0 Å². The minimum atomic E-state index is -2.39. The van der Waals surface area contributed by atoms with Crippen LogP contribution in [0.1, 0.15) is 34.1 Å². The highest BCUT2D eigenvalue weighted by molar-refractivity contribution is 5.68. The molecule has 1 fully saturated rings. The van der Waals surface area contributed by atoms with Gasteiger partial charge in [0.05, 0.1) is 6.04 Å². The highest BCUT2D eigenvalue weighted by atomic mass is 19.3. The van der Waals surface area contributed by atoms with Gasteiger partial charge in [0.25, 0.3) is 6.43 Å². The number of hydrogen-bond donors (Lipinski definition) is 1.